The molecule has 264 valence electrons. The number of aliphatic hydroxyl groups is 4. The Morgan fingerprint density at radius 2 is 0.568 bits per heavy atom. The van der Waals surface area contributed by atoms with Crippen LogP contribution >= 0.6 is 0 Å². The SMILES string of the molecule is CCCCCCCCC(O)C(O)CCCCCCCC(=O)O.CCCCCCCCC(O)C(O)CCCCCCCC(=O)O. The van der Waals surface area contributed by atoms with Gasteiger partial charge in [-0.2, -0.15) is 0 Å². The van der Waals surface area contributed by atoms with Gasteiger partial charge in [-0.15, -0.1) is 0 Å². The number of aliphatic hydroxyl groups excluding tert-OH is 4. The molecule has 0 spiro atoms. The van der Waals surface area contributed by atoms with E-state index < -0.39 is 36.4 Å². The van der Waals surface area contributed by atoms with Crippen molar-refractivity contribution in [2.45, 2.75) is 218 Å². The normalized spacial score (nSPS) is 14.0. The minimum Gasteiger partial charge on any atom is -0.481 e. The van der Waals surface area contributed by atoms with Crippen molar-refractivity contribution < 1.29 is 40.2 Å². The molecule has 0 aromatic heterocycles. The summed E-state index contributed by atoms with van der Waals surface area (Å²) < 4.78 is 0. The predicted molar refractivity (Wildman–Crippen MR) is 180 cm³/mol. The summed E-state index contributed by atoms with van der Waals surface area (Å²) in [6.07, 6.45) is 24.4. The molecule has 0 amide bonds. The van der Waals surface area contributed by atoms with E-state index >= 15 is 0 Å². The van der Waals surface area contributed by atoms with Gasteiger partial charge in [0.1, 0.15) is 0 Å². The lowest BCUT2D eigenvalue weighted by molar-refractivity contribution is -0.138. The Morgan fingerprint density at radius 1 is 0.364 bits per heavy atom. The molecule has 0 saturated heterocycles. The quantitative estimate of drug-likeness (QED) is 0.0403. The smallest absolute Gasteiger partial charge is 0.303 e. The van der Waals surface area contributed by atoms with Gasteiger partial charge in [0.15, 0.2) is 0 Å². The molecule has 0 heterocycles. The standard InChI is InChI=1S/2C18H36O4/c2*1-2-3-4-5-7-10-13-16(19)17(20)14-11-8-6-9-12-15-18(21)22/h2*16-17,19-20H,2-15H2,1H3,(H,21,22). The van der Waals surface area contributed by atoms with Crippen LogP contribution in [0.25, 0.3) is 0 Å². The third kappa shape index (κ3) is 35.3. The fourth-order valence-corrected chi connectivity index (χ4v) is 5.36. The van der Waals surface area contributed by atoms with Gasteiger partial charge >= 0.3 is 11.9 Å². The first-order valence-corrected chi connectivity index (χ1v) is 18.3. The molecule has 4 unspecified atom stereocenters. The molecule has 4 atom stereocenters. The van der Waals surface area contributed by atoms with Crippen molar-refractivity contribution in [2.75, 3.05) is 0 Å². The third-order valence-electron chi connectivity index (χ3n) is 8.38. The minimum absolute atomic E-state index is 0.250. The second-order valence-electron chi connectivity index (χ2n) is 12.8. The molecule has 0 aromatic carbocycles. The van der Waals surface area contributed by atoms with Gasteiger partial charge in [0.05, 0.1) is 24.4 Å². The van der Waals surface area contributed by atoms with Crippen LogP contribution in [0.3, 0.4) is 0 Å². The Labute approximate surface area is 270 Å². The van der Waals surface area contributed by atoms with Gasteiger partial charge in [-0.25, -0.2) is 0 Å². The Morgan fingerprint density at radius 3 is 0.795 bits per heavy atom. The molecule has 0 aliphatic rings. The van der Waals surface area contributed by atoms with Crippen LogP contribution in [0.2, 0.25) is 0 Å². The molecule has 0 aliphatic heterocycles. The fourth-order valence-electron chi connectivity index (χ4n) is 5.36. The zero-order chi connectivity index (χ0) is 33.3. The summed E-state index contributed by atoms with van der Waals surface area (Å²) in [5.74, 6) is -1.46. The van der Waals surface area contributed by atoms with Gasteiger partial charge in [-0.1, -0.05) is 142 Å². The lowest BCUT2D eigenvalue weighted by atomic mass is 9.99. The highest BCUT2D eigenvalue weighted by molar-refractivity contribution is 5.66. The number of rotatable bonds is 32. The molecule has 6 N–H and O–H groups in total. The van der Waals surface area contributed by atoms with E-state index in [0.29, 0.717) is 25.7 Å². The predicted octanol–water partition coefficient (Wildman–Crippen LogP) is 8.55. The molecule has 8 nitrogen and oxygen atoms in total. The molecule has 0 fully saturated rings. The molecule has 0 saturated carbocycles. The van der Waals surface area contributed by atoms with E-state index in [4.69, 9.17) is 10.2 Å². The van der Waals surface area contributed by atoms with Gasteiger partial charge in [0, 0.05) is 12.8 Å². The number of carboxylic acids is 2. The first-order valence-electron chi connectivity index (χ1n) is 18.3. The van der Waals surface area contributed by atoms with Crippen LogP contribution in [0.4, 0.5) is 0 Å². The Balaban J connectivity index is 0. The highest BCUT2D eigenvalue weighted by Gasteiger charge is 2.16. The maximum absolute atomic E-state index is 10.4. The lowest BCUT2D eigenvalue weighted by Gasteiger charge is -2.17. The number of carboxylic acid groups (broad SMARTS) is 2. The van der Waals surface area contributed by atoms with Gasteiger partial charge in [-0.05, 0) is 38.5 Å². The Kier molecular flexibility index (Phi) is 35.4. The number of hydrogen-bond acceptors (Lipinski definition) is 6. The van der Waals surface area contributed by atoms with E-state index in [9.17, 15) is 30.0 Å². The van der Waals surface area contributed by atoms with Crippen molar-refractivity contribution in [3.05, 3.63) is 0 Å². The van der Waals surface area contributed by atoms with Gasteiger partial charge in [0.2, 0.25) is 0 Å². The third-order valence-corrected chi connectivity index (χ3v) is 8.38. The summed E-state index contributed by atoms with van der Waals surface area (Å²) in [7, 11) is 0. The number of unbranched alkanes of at least 4 members (excludes halogenated alkanes) is 18. The maximum Gasteiger partial charge on any atom is 0.303 e. The van der Waals surface area contributed by atoms with Crippen LogP contribution in [-0.2, 0) is 9.59 Å². The molecule has 0 radical (unpaired) electrons. The minimum atomic E-state index is -0.728. The molecule has 44 heavy (non-hydrogen) atoms. The average molecular weight is 633 g/mol. The number of hydrogen-bond donors (Lipinski definition) is 6. The summed E-state index contributed by atoms with van der Waals surface area (Å²) in [6.45, 7) is 4.40. The van der Waals surface area contributed by atoms with E-state index in [2.05, 4.69) is 13.8 Å². The van der Waals surface area contributed by atoms with Crippen molar-refractivity contribution >= 4 is 11.9 Å². The van der Waals surface area contributed by atoms with Crippen LogP contribution < -0.4 is 0 Å². The van der Waals surface area contributed by atoms with Crippen molar-refractivity contribution in [3.63, 3.8) is 0 Å². The number of carbonyl (C=O) groups is 2. The summed E-state index contributed by atoms with van der Waals surface area (Å²) >= 11 is 0. The Bertz CT molecular complexity index is 563. The first kappa shape index (κ1) is 44.9. The van der Waals surface area contributed by atoms with E-state index in [1.165, 1.54) is 51.4 Å². The monoisotopic (exact) mass is 633 g/mol. The van der Waals surface area contributed by atoms with Crippen LogP contribution in [-0.4, -0.2) is 67.0 Å². The topological polar surface area (TPSA) is 156 Å². The summed E-state index contributed by atoms with van der Waals surface area (Å²) in [4.78, 5) is 20.7. The number of aliphatic carboxylic acids is 2. The lowest BCUT2D eigenvalue weighted by Crippen LogP contribution is -2.25. The second kappa shape index (κ2) is 34.6. The Hall–Kier alpha value is -1.22. The van der Waals surface area contributed by atoms with Crippen LogP contribution in [0.15, 0.2) is 0 Å². The highest BCUT2D eigenvalue weighted by Crippen LogP contribution is 2.16. The van der Waals surface area contributed by atoms with E-state index in [1.807, 2.05) is 0 Å². The van der Waals surface area contributed by atoms with E-state index in [-0.39, 0.29) is 12.8 Å². The summed E-state index contributed by atoms with van der Waals surface area (Å²) in [5, 5.41) is 56.7. The highest BCUT2D eigenvalue weighted by atomic mass is 16.4. The molecule has 0 aliphatic carbocycles. The summed E-state index contributed by atoms with van der Waals surface area (Å²) in [5.41, 5.74) is 0. The second-order valence-corrected chi connectivity index (χ2v) is 12.8. The summed E-state index contributed by atoms with van der Waals surface area (Å²) in [6, 6.07) is 0. The van der Waals surface area contributed by atoms with E-state index in [1.54, 1.807) is 0 Å². The van der Waals surface area contributed by atoms with Crippen LogP contribution in [0.5, 0.6) is 0 Å². The molecular formula is C36H72O8. The maximum atomic E-state index is 10.4. The van der Waals surface area contributed by atoms with Crippen LogP contribution in [0, 0.1) is 0 Å². The van der Waals surface area contributed by atoms with Crippen molar-refractivity contribution in [1.82, 2.24) is 0 Å². The van der Waals surface area contributed by atoms with Gasteiger partial charge in [-0.3, -0.25) is 9.59 Å². The molecule has 8 heteroatoms. The molecule has 0 bridgehead atoms. The molecule has 0 aromatic rings. The zero-order valence-electron chi connectivity index (χ0n) is 28.6. The van der Waals surface area contributed by atoms with Gasteiger partial charge < -0.3 is 30.6 Å². The fraction of sp³-hybridized carbons (Fsp3) is 0.944. The zero-order valence-corrected chi connectivity index (χ0v) is 28.6. The van der Waals surface area contributed by atoms with Gasteiger partial charge in [0.25, 0.3) is 0 Å². The van der Waals surface area contributed by atoms with E-state index in [0.717, 1.165) is 89.9 Å². The van der Waals surface area contributed by atoms with Crippen molar-refractivity contribution in [2.24, 2.45) is 0 Å². The largest absolute Gasteiger partial charge is 0.481 e. The van der Waals surface area contributed by atoms with Crippen LogP contribution in [0.1, 0.15) is 194 Å². The van der Waals surface area contributed by atoms with Crippen molar-refractivity contribution in [1.29, 1.82) is 0 Å². The molecule has 0 rings (SSSR count). The first-order chi connectivity index (χ1) is 21.1. The average Bonchev–Trinajstić information content (AvgIpc) is 2.99. The molecular weight excluding hydrogens is 560 g/mol. The van der Waals surface area contributed by atoms with Crippen molar-refractivity contribution in [3.8, 4) is 0 Å².